The van der Waals surface area contributed by atoms with E-state index in [2.05, 4.69) is 17.3 Å². The van der Waals surface area contributed by atoms with Crippen LogP contribution in [0, 0.1) is 6.92 Å². The van der Waals surface area contributed by atoms with E-state index in [1.807, 2.05) is 60.4 Å². The van der Waals surface area contributed by atoms with Crippen molar-refractivity contribution in [2.45, 2.75) is 32.7 Å². The van der Waals surface area contributed by atoms with E-state index in [-0.39, 0.29) is 11.8 Å². The number of benzene rings is 2. The van der Waals surface area contributed by atoms with E-state index in [0.29, 0.717) is 25.1 Å². The van der Waals surface area contributed by atoms with Crippen LogP contribution in [-0.4, -0.2) is 61.4 Å². The lowest BCUT2D eigenvalue weighted by atomic mass is 10.1. The van der Waals surface area contributed by atoms with Crippen LogP contribution < -0.4 is 10.1 Å². The number of hydrogen-bond donors (Lipinski definition) is 1. The number of aryl methyl sites for hydroxylation is 1. The third kappa shape index (κ3) is 7.40. The Bertz CT molecular complexity index is 859. The van der Waals surface area contributed by atoms with Crippen LogP contribution in [0.15, 0.2) is 48.5 Å². The van der Waals surface area contributed by atoms with Crippen molar-refractivity contribution in [1.82, 2.24) is 15.1 Å². The van der Waals surface area contributed by atoms with Crippen LogP contribution in [-0.2, 0) is 11.3 Å². The standard InChI is InChI=1S/C25H33N3O3/c1-20-6-5-7-23(18-20)31-17-4-3-8-24(29)26-19-21-9-11-22(12-10-21)25(30)28-15-13-27(2)14-16-28/h5-7,9-12,18H,3-4,8,13-17,19H2,1-2H3,(H,26,29). The molecule has 2 amide bonds. The molecule has 1 fully saturated rings. The summed E-state index contributed by atoms with van der Waals surface area (Å²) in [6, 6.07) is 15.5. The fourth-order valence-corrected chi connectivity index (χ4v) is 3.53. The minimum absolute atomic E-state index is 0.0353. The van der Waals surface area contributed by atoms with Crippen LogP contribution in [0.1, 0.15) is 40.7 Å². The predicted octanol–water partition coefficient (Wildman–Crippen LogP) is 3.25. The van der Waals surface area contributed by atoms with Gasteiger partial charge >= 0.3 is 0 Å². The average molecular weight is 424 g/mol. The molecule has 6 heteroatoms. The molecule has 166 valence electrons. The zero-order valence-electron chi connectivity index (χ0n) is 18.6. The number of ether oxygens (including phenoxy) is 1. The molecule has 1 N–H and O–H groups in total. The third-order valence-electron chi connectivity index (χ3n) is 5.54. The van der Waals surface area contributed by atoms with Gasteiger partial charge in [0.15, 0.2) is 0 Å². The Hall–Kier alpha value is -2.86. The van der Waals surface area contributed by atoms with Crippen molar-refractivity contribution in [3.05, 3.63) is 65.2 Å². The molecule has 2 aromatic rings. The normalized spacial score (nSPS) is 14.3. The summed E-state index contributed by atoms with van der Waals surface area (Å²) in [4.78, 5) is 28.8. The third-order valence-corrected chi connectivity index (χ3v) is 5.54. The number of likely N-dealkylation sites (N-methyl/N-ethyl adjacent to an activating group) is 1. The second-order valence-electron chi connectivity index (χ2n) is 8.19. The zero-order valence-corrected chi connectivity index (χ0v) is 18.6. The molecule has 31 heavy (non-hydrogen) atoms. The maximum atomic E-state index is 12.6. The van der Waals surface area contributed by atoms with Crippen molar-refractivity contribution in [3.63, 3.8) is 0 Å². The Kier molecular flexibility index (Phi) is 8.47. The maximum Gasteiger partial charge on any atom is 0.253 e. The highest BCUT2D eigenvalue weighted by molar-refractivity contribution is 5.94. The van der Waals surface area contributed by atoms with Gasteiger partial charge in [0.2, 0.25) is 5.91 Å². The lowest BCUT2D eigenvalue weighted by Crippen LogP contribution is -2.47. The summed E-state index contributed by atoms with van der Waals surface area (Å²) in [5.41, 5.74) is 2.87. The Balaban J connectivity index is 1.32. The van der Waals surface area contributed by atoms with Crippen molar-refractivity contribution < 1.29 is 14.3 Å². The smallest absolute Gasteiger partial charge is 0.253 e. The summed E-state index contributed by atoms with van der Waals surface area (Å²) in [5.74, 6) is 0.990. The molecule has 1 aliphatic heterocycles. The van der Waals surface area contributed by atoms with Gasteiger partial charge in [-0.25, -0.2) is 0 Å². The van der Waals surface area contributed by atoms with Crippen LogP contribution in [0.4, 0.5) is 0 Å². The molecule has 0 unspecified atom stereocenters. The number of carbonyl (C=O) groups is 2. The molecule has 2 aromatic carbocycles. The van der Waals surface area contributed by atoms with Crippen molar-refractivity contribution in [2.75, 3.05) is 39.8 Å². The minimum atomic E-state index is 0.0353. The lowest BCUT2D eigenvalue weighted by molar-refractivity contribution is -0.121. The van der Waals surface area contributed by atoms with E-state index >= 15 is 0 Å². The van der Waals surface area contributed by atoms with E-state index in [4.69, 9.17) is 4.74 Å². The zero-order chi connectivity index (χ0) is 22.1. The highest BCUT2D eigenvalue weighted by atomic mass is 16.5. The molecule has 0 bridgehead atoms. The fourth-order valence-electron chi connectivity index (χ4n) is 3.53. The predicted molar refractivity (Wildman–Crippen MR) is 122 cm³/mol. The fraction of sp³-hybridized carbons (Fsp3) is 0.440. The van der Waals surface area contributed by atoms with E-state index in [0.717, 1.165) is 50.3 Å². The number of piperazine rings is 1. The number of hydrogen-bond acceptors (Lipinski definition) is 4. The maximum absolute atomic E-state index is 12.6. The first-order valence-electron chi connectivity index (χ1n) is 11.0. The molecule has 6 nitrogen and oxygen atoms in total. The van der Waals surface area contributed by atoms with Crippen molar-refractivity contribution in [2.24, 2.45) is 0 Å². The first-order valence-corrected chi connectivity index (χ1v) is 11.0. The first kappa shape index (κ1) is 22.8. The molecule has 0 saturated carbocycles. The highest BCUT2D eigenvalue weighted by Gasteiger charge is 2.20. The van der Waals surface area contributed by atoms with Gasteiger partial charge in [-0.2, -0.15) is 0 Å². The number of nitrogens with one attached hydrogen (secondary N) is 1. The molecule has 1 saturated heterocycles. The quantitative estimate of drug-likeness (QED) is 0.629. The number of amides is 2. The SMILES string of the molecule is Cc1cccc(OCCCCC(=O)NCc2ccc(C(=O)N3CCN(C)CC3)cc2)c1. The second kappa shape index (κ2) is 11.5. The number of unbranched alkanes of at least 4 members (excludes halogenated alkanes) is 1. The lowest BCUT2D eigenvalue weighted by Gasteiger charge is -2.32. The molecule has 0 aromatic heterocycles. The number of nitrogens with zero attached hydrogens (tertiary/aromatic N) is 2. The topological polar surface area (TPSA) is 61.9 Å². The van der Waals surface area contributed by atoms with Gasteiger partial charge in [-0.3, -0.25) is 9.59 Å². The van der Waals surface area contributed by atoms with Crippen LogP contribution >= 0.6 is 0 Å². The van der Waals surface area contributed by atoms with E-state index in [9.17, 15) is 9.59 Å². The molecule has 0 atom stereocenters. The van der Waals surface area contributed by atoms with Crippen molar-refractivity contribution in [1.29, 1.82) is 0 Å². The summed E-state index contributed by atoms with van der Waals surface area (Å²) in [6.45, 7) is 6.48. The molecule has 0 radical (unpaired) electrons. The molecular formula is C25H33N3O3. The van der Waals surface area contributed by atoms with Gasteiger partial charge in [0.05, 0.1) is 6.61 Å². The molecule has 1 heterocycles. The average Bonchev–Trinajstić information content (AvgIpc) is 2.78. The largest absolute Gasteiger partial charge is 0.494 e. The van der Waals surface area contributed by atoms with Gasteiger partial charge in [0.1, 0.15) is 5.75 Å². The van der Waals surface area contributed by atoms with E-state index < -0.39 is 0 Å². The van der Waals surface area contributed by atoms with Crippen molar-refractivity contribution in [3.8, 4) is 5.75 Å². The van der Waals surface area contributed by atoms with Gasteiger partial charge < -0.3 is 19.9 Å². The summed E-state index contributed by atoms with van der Waals surface area (Å²) in [5, 5.41) is 2.95. The Labute approximate surface area is 185 Å². The Morgan fingerprint density at radius 3 is 2.45 bits per heavy atom. The highest BCUT2D eigenvalue weighted by Crippen LogP contribution is 2.13. The van der Waals surface area contributed by atoms with E-state index in [1.54, 1.807) is 0 Å². The van der Waals surface area contributed by atoms with Crippen LogP contribution in [0.3, 0.4) is 0 Å². The monoisotopic (exact) mass is 423 g/mol. The Morgan fingerprint density at radius 2 is 1.74 bits per heavy atom. The first-order chi connectivity index (χ1) is 15.0. The van der Waals surface area contributed by atoms with Gasteiger partial charge in [0, 0.05) is 44.7 Å². The van der Waals surface area contributed by atoms with Crippen LogP contribution in [0.2, 0.25) is 0 Å². The molecular weight excluding hydrogens is 390 g/mol. The molecule has 0 aliphatic carbocycles. The van der Waals surface area contributed by atoms with Gasteiger partial charge in [-0.1, -0.05) is 24.3 Å². The summed E-state index contributed by atoms with van der Waals surface area (Å²) < 4.78 is 5.71. The number of carbonyl (C=O) groups excluding carboxylic acids is 2. The molecule has 0 spiro atoms. The Morgan fingerprint density at radius 1 is 1.00 bits per heavy atom. The van der Waals surface area contributed by atoms with Crippen molar-refractivity contribution >= 4 is 11.8 Å². The molecule has 3 rings (SSSR count). The van der Waals surface area contributed by atoms with E-state index in [1.165, 1.54) is 5.56 Å². The minimum Gasteiger partial charge on any atom is -0.494 e. The second-order valence-corrected chi connectivity index (χ2v) is 8.19. The van der Waals surface area contributed by atoms with Gasteiger partial charge in [-0.15, -0.1) is 0 Å². The summed E-state index contributed by atoms with van der Waals surface area (Å²) >= 11 is 0. The molecule has 1 aliphatic rings. The summed E-state index contributed by atoms with van der Waals surface area (Å²) in [6.07, 6.45) is 2.11. The van der Waals surface area contributed by atoms with Crippen LogP contribution in [0.25, 0.3) is 0 Å². The summed E-state index contributed by atoms with van der Waals surface area (Å²) in [7, 11) is 2.07. The van der Waals surface area contributed by atoms with Crippen LogP contribution in [0.5, 0.6) is 5.75 Å². The van der Waals surface area contributed by atoms with Gasteiger partial charge in [0.25, 0.3) is 5.91 Å². The number of rotatable bonds is 9. The van der Waals surface area contributed by atoms with Gasteiger partial charge in [-0.05, 0) is 62.2 Å².